The van der Waals surface area contributed by atoms with E-state index in [0.29, 0.717) is 5.92 Å². The van der Waals surface area contributed by atoms with Crippen LogP contribution in [0.1, 0.15) is 69.3 Å². The lowest BCUT2D eigenvalue weighted by Gasteiger charge is -2.36. The number of fused-ring (bicyclic) bond motifs is 4. The molecule has 0 radical (unpaired) electrons. The van der Waals surface area contributed by atoms with Gasteiger partial charge in [-0.1, -0.05) is 111 Å². The summed E-state index contributed by atoms with van der Waals surface area (Å²) in [5.74, 6) is 3.76. The van der Waals surface area contributed by atoms with Crippen LogP contribution in [0.5, 0.6) is 0 Å². The van der Waals surface area contributed by atoms with Gasteiger partial charge in [-0.3, -0.25) is 0 Å². The third-order valence-electron chi connectivity index (χ3n) is 11.6. The summed E-state index contributed by atoms with van der Waals surface area (Å²) in [4.78, 5) is 0. The summed E-state index contributed by atoms with van der Waals surface area (Å²) in [7, 11) is 2.18. The third-order valence-corrected chi connectivity index (χ3v) is 11.6. The molecule has 2 aliphatic rings. The van der Waals surface area contributed by atoms with Crippen LogP contribution in [0.4, 0.5) is 0 Å². The van der Waals surface area contributed by atoms with Crippen molar-refractivity contribution >= 4 is 33.0 Å². The number of para-hydroxylation sites is 3. The Kier molecular flexibility index (Phi) is 7.22. The number of rotatable bonds is 5. The molecular weight excluding hydrogens is 572 g/mol. The van der Waals surface area contributed by atoms with Crippen molar-refractivity contribution < 1.29 is 8.98 Å². The largest absolute Gasteiger partial charge is 0.455 e. The van der Waals surface area contributed by atoms with Gasteiger partial charge in [0.1, 0.15) is 16.8 Å². The highest BCUT2D eigenvalue weighted by atomic mass is 16.3. The van der Waals surface area contributed by atoms with E-state index in [2.05, 4.69) is 131 Å². The monoisotopic (exact) mass is 615 g/mol. The number of benzene rings is 5. The fourth-order valence-electron chi connectivity index (χ4n) is 9.18. The first-order valence-corrected chi connectivity index (χ1v) is 17.8. The zero-order chi connectivity index (χ0) is 31.3. The first kappa shape index (κ1) is 28.6. The van der Waals surface area contributed by atoms with Gasteiger partial charge in [-0.05, 0) is 96.5 Å². The first-order chi connectivity index (χ1) is 23.2. The standard InChI is InChI=1S/C44H43N2O/c1-45-39-19-8-9-20-40(39)46(35-28-26-33(27-29-35)32-24-22-31(23-25-32)30-12-4-2-5-13-30)44(45)38-18-10-17-37-42-36(34-14-6-3-7-15-34)16-11-21-41(42)47-43(37)38/h3,6-11,14-21,26-32H,2,4-5,12-13,22-25H2,1H3/q+1. The van der Waals surface area contributed by atoms with Crippen molar-refractivity contribution in [3.63, 3.8) is 0 Å². The molecule has 2 saturated carbocycles. The van der Waals surface area contributed by atoms with Crippen molar-refractivity contribution in [2.75, 3.05) is 0 Å². The second-order valence-corrected chi connectivity index (χ2v) is 14.1. The normalized spacial score (nSPS) is 19.2. The van der Waals surface area contributed by atoms with Crippen LogP contribution in [-0.2, 0) is 7.05 Å². The van der Waals surface area contributed by atoms with Gasteiger partial charge in [0, 0.05) is 10.8 Å². The molecule has 0 atom stereocenters. The van der Waals surface area contributed by atoms with Crippen molar-refractivity contribution in [2.45, 2.75) is 63.7 Å². The van der Waals surface area contributed by atoms with Crippen LogP contribution in [0.3, 0.4) is 0 Å². The molecule has 0 unspecified atom stereocenters. The average molecular weight is 616 g/mol. The third kappa shape index (κ3) is 4.90. The maximum absolute atomic E-state index is 6.77. The minimum absolute atomic E-state index is 0.684. The molecule has 2 aromatic heterocycles. The predicted octanol–water partition coefficient (Wildman–Crippen LogP) is 11.5. The highest BCUT2D eigenvalue weighted by Crippen LogP contribution is 2.44. The molecule has 3 heteroatoms. The molecule has 2 fully saturated rings. The zero-order valence-corrected chi connectivity index (χ0v) is 27.4. The quantitative estimate of drug-likeness (QED) is 0.177. The summed E-state index contributed by atoms with van der Waals surface area (Å²) in [5, 5.41) is 2.32. The van der Waals surface area contributed by atoms with E-state index >= 15 is 0 Å². The number of aryl methyl sites for hydroxylation is 1. The smallest absolute Gasteiger partial charge is 0.298 e. The lowest BCUT2D eigenvalue weighted by molar-refractivity contribution is -0.633. The molecule has 47 heavy (non-hydrogen) atoms. The molecule has 0 spiro atoms. The van der Waals surface area contributed by atoms with Gasteiger partial charge in [-0.2, -0.15) is 4.57 Å². The van der Waals surface area contributed by atoms with Crippen LogP contribution in [0.15, 0.2) is 120 Å². The number of hydrogen-bond acceptors (Lipinski definition) is 1. The SMILES string of the molecule is C[n+]1c(-c2cccc3c2oc2cccc(-c4ccccc4)c23)n(-c2ccc(C3CCC(C4CCCCC4)CC3)cc2)c2ccccc21. The van der Waals surface area contributed by atoms with Gasteiger partial charge in [-0.25, -0.2) is 4.57 Å². The van der Waals surface area contributed by atoms with Crippen molar-refractivity contribution in [1.82, 2.24) is 4.57 Å². The van der Waals surface area contributed by atoms with Crippen LogP contribution in [-0.4, -0.2) is 4.57 Å². The molecule has 0 bridgehead atoms. The minimum atomic E-state index is 0.684. The van der Waals surface area contributed by atoms with Gasteiger partial charge in [-0.15, -0.1) is 0 Å². The van der Waals surface area contributed by atoms with Crippen LogP contribution in [0, 0.1) is 11.8 Å². The highest BCUT2D eigenvalue weighted by Gasteiger charge is 2.31. The van der Waals surface area contributed by atoms with Gasteiger partial charge < -0.3 is 4.42 Å². The lowest BCUT2D eigenvalue weighted by atomic mass is 9.70. The summed E-state index contributed by atoms with van der Waals surface area (Å²) in [6.45, 7) is 0. The van der Waals surface area contributed by atoms with E-state index in [-0.39, 0.29) is 0 Å². The molecule has 0 aliphatic heterocycles. The molecule has 5 aromatic carbocycles. The molecule has 2 aliphatic carbocycles. The predicted molar refractivity (Wildman–Crippen MR) is 194 cm³/mol. The number of furan rings is 1. The van der Waals surface area contributed by atoms with Crippen molar-refractivity contribution in [3.8, 4) is 28.2 Å². The maximum Gasteiger partial charge on any atom is 0.298 e. The summed E-state index contributed by atoms with van der Waals surface area (Å²) in [6.07, 6.45) is 12.8. The molecule has 0 amide bonds. The summed E-state index contributed by atoms with van der Waals surface area (Å²) < 4.78 is 11.5. The lowest BCUT2D eigenvalue weighted by Crippen LogP contribution is -2.30. The Balaban J connectivity index is 1.12. The van der Waals surface area contributed by atoms with Crippen LogP contribution in [0.2, 0.25) is 0 Å². The Bertz CT molecular complexity index is 2190. The number of hydrogen-bond donors (Lipinski definition) is 0. The molecular formula is C44H43N2O+. The van der Waals surface area contributed by atoms with E-state index in [1.54, 1.807) is 0 Å². The topological polar surface area (TPSA) is 21.9 Å². The van der Waals surface area contributed by atoms with Crippen LogP contribution < -0.4 is 4.57 Å². The maximum atomic E-state index is 6.77. The van der Waals surface area contributed by atoms with E-state index in [9.17, 15) is 0 Å². The minimum Gasteiger partial charge on any atom is -0.455 e. The van der Waals surface area contributed by atoms with Gasteiger partial charge in [0.2, 0.25) is 0 Å². The second kappa shape index (κ2) is 11.9. The average Bonchev–Trinajstić information content (AvgIpc) is 3.68. The number of aromatic nitrogens is 2. The van der Waals surface area contributed by atoms with Gasteiger partial charge in [0.15, 0.2) is 16.6 Å². The first-order valence-electron chi connectivity index (χ1n) is 17.8. The van der Waals surface area contributed by atoms with Crippen molar-refractivity contribution in [2.24, 2.45) is 18.9 Å². The summed E-state index contributed by atoms with van der Waals surface area (Å²) in [6, 6.07) is 41.9. The van der Waals surface area contributed by atoms with Gasteiger partial charge in [0.05, 0.1) is 7.05 Å². The van der Waals surface area contributed by atoms with Crippen LogP contribution in [0.25, 0.3) is 61.2 Å². The van der Waals surface area contributed by atoms with E-state index in [4.69, 9.17) is 4.42 Å². The van der Waals surface area contributed by atoms with E-state index < -0.39 is 0 Å². The summed E-state index contributed by atoms with van der Waals surface area (Å²) in [5.41, 5.74) is 10.4. The molecule has 0 N–H and O–H groups in total. The van der Waals surface area contributed by atoms with Gasteiger partial charge in [0.25, 0.3) is 5.82 Å². The molecule has 234 valence electrons. The molecule has 3 nitrogen and oxygen atoms in total. The highest BCUT2D eigenvalue weighted by molar-refractivity contribution is 6.15. The molecule has 7 aromatic rings. The molecule has 2 heterocycles. The van der Waals surface area contributed by atoms with Gasteiger partial charge >= 0.3 is 0 Å². The molecule has 0 saturated heterocycles. The molecule has 9 rings (SSSR count). The van der Waals surface area contributed by atoms with Crippen molar-refractivity contribution in [3.05, 3.63) is 121 Å². The van der Waals surface area contributed by atoms with E-state index in [1.165, 1.54) is 96.6 Å². The Morgan fingerprint density at radius 3 is 2.13 bits per heavy atom. The fraction of sp³-hybridized carbons (Fsp3) is 0.295. The summed E-state index contributed by atoms with van der Waals surface area (Å²) >= 11 is 0. The number of imidazole rings is 1. The Morgan fingerprint density at radius 1 is 0.617 bits per heavy atom. The van der Waals surface area contributed by atoms with E-state index in [1.807, 2.05) is 0 Å². The second-order valence-electron chi connectivity index (χ2n) is 14.1. The number of nitrogens with zero attached hydrogens (tertiary/aromatic N) is 2. The Labute approximate surface area is 277 Å². The zero-order valence-electron chi connectivity index (χ0n) is 27.4. The fourth-order valence-corrected chi connectivity index (χ4v) is 9.18. The Hall–Kier alpha value is -4.63. The Morgan fingerprint density at radius 2 is 1.32 bits per heavy atom. The van der Waals surface area contributed by atoms with Crippen LogP contribution >= 0.6 is 0 Å². The van der Waals surface area contributed by atoms with E-state index in [0.717, 1.165) is 39.8 Å². The van der Waals surface area contributed by atoms with Crippen molar-refractivity contribution in [1.29, 1.82) is 0 Å².